The summed E-state index contributed by atoms with van der Waals surface area (Å²) in [6, 6.07) is 15.5. The van der Waals surface area contributed by atoms with Crippen LogP contribution in [0.2, 0.25) is 5.02 Å². The third-order valence-electron chi connectivity index (χ3n) is 11.1. The van der Waals surface area contributed by atoms with E-state index in [4.69, 9.17) is 21.6 Å². The van der Waals surface area contributed by atoms with Crippen molar-refractivity contribution in [2.45, 2.75) is 88.2 Å². The molecule has 53 heavy (non-hydrogen) atoms. The number of aromatic nitrogens is 2. The molecule has 3 unspecified atom stereocenters. The number of nitrogens with one attached hydrogen (secondary N) is 2. The second kappa shape index (κ2) is 14.2. The third kappa shape index (κ3) is 6.82. The van der Waals surface area contributed by atoms with Gasteiger partial charge in [0.25, 0.3) is 17.7 Å². The van der Waals surface area contributed by atoms with Crippen molar-refractivity contribution in [2.24, 2.45) is 0 Å². The maximum absolute atomic E-state index is 13.3. The summed E-state index contributed by atoms with van der Waals surface area (Å²) in [4.78, 5) is 69.2. The molecule has 3 atom stereocenters. The van der Waals surface area contributed by atoms with Gasteiger partial charge in [0, 0.05) is 50.2 Å². The van der Waals surface area contributed by atoms with Gasteiger partial charge in [-0.2, -0.15) is 5.26 Å². The topological polar surface area (TPSA) is 178 Å². The third-order valence-corrected chi connectivity index (χ3v) is 11.4. The standard InChI is InChI=1S/C38H37ClN8O6/c39-30-16-27(7-2-22(30)17-40)53-26-8-3-23(4-9-26)41-35(49)31-11-13-33(44-43-31)45-19-24-5-6-25(20-45)46(24)18-21-1-10-28-29(15-21)38(52)47(37(28)51)32-12-14-34(48)42-36(32)50/h1-2,7,10-11,13,15-16,23-26,32H,3-6,8-9,12,14,18-20H2,(H,41,49)(H,42,48,50). The van der Waals surface area contributed by atoms with Crippen molar-refractivity contribution in [2.75, 3.05) is 18.0 Å². The first-order chi connectivity index (χ1) is 25.6. The predicted molar refractivity (Wildman–Crippen MR) is 190 cm³/mol. The number of piperidine rings is 1. The normalized spacial score (nSPS) is 25.5. The van der Waals surface area contributed by atoms with Crippen LogP contribution in [0.5, 0.6) is 5.75 Å². The Morgan fingerprint density at radius 2 is 1.66 bits per heavy atom. The molecule has 3 saturated heterocycles. The van der Waals surface area contributed by atoms with E-state index in [0.717, 1.165) is 62.1 Å². The Bertz CT molecular complexity index is 2030. The molecule has 4 aliphatic heterocycles. The molecule has 2 N–H and O–H groups in total. The molecular formula is C38H37ClN8O6. The van der Waals surface area contributed by atoms with Crippen molar-refractivity contribution in [3.63, 3.8) is 0 Å². The molecular weight excluding hydrogens is 700 g/mol. The number of halogens is 1. The highest BCUT2D eigenvalue weighted by Crippen LogP contribution is 2.35. The molecule has 0 radical (unpaired) electrons. The van der Waals surface area contributed by atoms with Gasteiger partial charge in [-0.25, -0.2) is 0 Å². The zero-order chi connectivity index (χ0) is 36.8. The monoisotopic (exact) mass is 736 g/mol. The maximum atomic E-state index is 13.3. The fraction of sp³-hybridized carbons (Fsp3) is 0.421. The van der Waals surface area contributed by atoms with Gasteiger partial charge < -0.3 is 15.0 Å². The molecule has 272 valence electrons. The van der Waals surface area contributed by atoms with Crippen LogP contribution >= 0.6 is 11.6 Å². The number of piperazine rings is 1. The second-order valence-electron chi connectivity index (χ2n) is 14.4. The van der Waals surface area contributed by atoms with Crippen LogP contribution in [0, 0.1) is 11.3 Å². The van der Waals surface area contributed by atoms with Crippen LogP contribution < -0.4 is 20.3 Å². The lowest BCUT2D eigenvalue weighted by Gasteiger charge is -2.41. The van der Waals surface area contributed by atoms with E-state index in [0.29, 0.717) is 28.7 Å². The number of carbonyl (C=O) groups is 5. The largest absolute Gasteiger partial charge is 0.490 e. The quantitative estimate of drug-likeness (QED) is 0.324. The van der Waals surface area contributed by atoms with Gasteiger partial charge in [-0.05, 0) is 86.9 Å². The molecule has 8 rings (SSSR count). The smallest absolute Gasteiger partial charge is 0.272 e. The molecule has 5 aliphatic rings. The van der Waals surface area contributed by atoms with E-state index in [9.17, 15) is 24.0 Å². The van der Waals surface area contributed by atoms with E-state index in [1.54, 1.807) is 36.4 Å². The van der Waals surface area contributed by atoms with Crippen molar-refractivity contribution in [1.82, 2.24) is 30.6 Å². The highest BCUT2D eigenvalue weighted by molar-refractivity contribution is 6.31. The Balaban J connectivity index is 0.835. The van der Waals surface area contributed by atoms with Crippen molar-refractivity contribution >= 4 is 47.0 Å². The van der Waals surface area contributed by atoms with Gasteiger partial charge in [0.05, 0.1) is 27.8 Å². The molecule has 5 heterocycles. The first-order valence-electron chi connectivity index (χ1n) is 18.0. The molecule has 5 amide bonds. The molecule has 2 bridgehead atoms. The fourth-order valence-corrected chi connectivity index (χ4v) is 8.53. The summed E-state index contributed by atoms with van der Waals surface area (Å²) in [6.07, 6.45) is 5.29. The van der Waals surface area contributed by atoms with Gasteiger partial charge in [0.2, 0.25) is 11.8 Å². The summed E-state index contributed by atoms with van der Waals surface area (Å²) >= 11 is 6.14. The number of fused-ring (bicyclic) bond motifs is 3. The van der Waals surface area contributed by atoms with E-state index >= 15 is 0 Å². The average Bonchev–Trinajstić information content (AvgIpc) is 3.52. The summed E-state index contributed by atoms with van der Waals surface area (Å²) in [6.45, 7) is 2.09. The van der Waals surface area contributed by atoms with E-state index in [2.05, 4.69) is 30.6 Å². The molecule has 0 spiro atoms. The fourth-order valence-electron chi connectivity index (χ4n) is 8.31. The van der Waals surface area contributed by atoms with Crippen molar-refractivity contribution in [3.8, 4) is 11.8 Å². The predicted octanol–water partition coefficient (Wildman–Crippen LogP) is 3.38. The Labute approximate surface area is 310 Å². The first-order valence-corrected chi connectivity index (χ1v) is 18.4. The number of benzene rings is 2. The van der Waals surface area contributed by atoms with Gasteiger partial charge in [-0.1, -0.05) is 17.7 Å². The number of nitriles is 1. The van der Waals surface area contributed by atoms with Crippen LogP contribution in [0.3, 0.4) is 0 Å². The summed E-state index contributed by atoms with van der Waals surface area (Å²) in [5.41, 5.74) is 2.14. The van der Waals surface area contributed by atoms with Crippen molar-refractivity contribution in [3.05, 3.63) is 81.5 Å². The van der Waals surface area contributed by atoms with E-state index in [-0.39, 0.29) is 59.8 Å². The van der Waals surface area contributed by atoms with Crippen molar-refractivity contribution < 1.29 is 28.7 Å². The Morgan fingerprint density at radius 1 is 0.906 bits per heavy atom. The summed E-state index contributed by atoms with van der Waals surface area (Å²) in [5, 5.41) is 23.5. The Kier molecular flexibility index (Phi) is 9.30. The number of carbonyl (C=O) groups excluding carboxylic acids is 5. The molecule has 14 nitrogen and oxygen atoms in total. The lowest BCUT2D eigenvalue weighted by atomic mass is 9.93. The summed E-state index contributed by atoms with van der Waals surface area (Å²) in [5.74, 6) is -0.955. The first kappa shape index (κ1) is 34.7. The lowest BCUT2D eigenvalue weighted by molar-refractivity contribution is -0.136. The molecule has 2 aromatic carbocycles. The molecule has 1 aromatic heterocycles. The van der Waals surface area contributed by atoms with E-state index in [1.807, 2.05) is 18.2 Å². The molecule has 3 aromatic rings. The second-order valence-corrected chi connectivity index (χ2v) is 14.8. The van der Waals surface area contributed by atoms with E-state index in [1.165, 1.54) is 0 Å². The zero-order valence-electron chi connectivity index (χ0n) is 28.8. The highest BCUT2D eigenvalue weighted by atomic mass is 35.5. The molecule has 1 saturated carbocycles. The number of ether oxygens (including phenoxy) is 1. The minimum absolute atomic E-state index is 0.00286. The SMILES string of the molecule is N#Cc1ccc(OC2CCC(NC(=O)c3ccc(N4CC5CCC(C4)N5Cc4ccc5c(c4)C(=O)N(C4CCC(=O)NC4=O)C5=O)nn3)CC2)cc1Cl. The Morgan fingerprint density at radius 3 is 2.34 bits per heavy atom. The van der Waals surface area contributed by atoms with E-state index < -0.39 is 29.7 Å². The average molecular weight is 737 g/mol. The maximum Gasteiger partial charge on any atom is 0.272 e. The molecule has 1 aliphatic carbocycles. The van der Waals surface area contributed by atoms with Crippen LogP contribution in [-0.2, 0) is 16.1 Å². The van der Waals surface area contributed by atoms with Gasteiger partial charge in [-0.15, -0.1) is 10.2 Å². The number of rotatable bonds is 8. The molecule has 15 heteroatoms. The number of anilines is 1. The van der Waals surface area contributed by atoms with Gasteiger partial charge in [0.15, 0.2) is 11.5 Å². The minimum Gasteiger partial charge on any atom is -0.490 e. The van der Waals surface area contributed by atoms with Crippen molar-refractivity contribution in [1.29, 1.82) is 5.26 Å². The minimum atomic E-state index is -0.992. The highest BCUT2D eigenvalue weighted by Gasteiger charge is 2.45. The summed E-state index contributed by atoms with van der Waals surface area (Å²) in [7, 11) is 0. The van der Waals surface area contributed by atoms with Crippen LogP contribution in [0.15, 0.2) is 48.5 Å². The van der Waals surface area contributed by atoms with Crippen LogP contribution in [0.25, 0.3) is 0 Å². The number of amides is 5. The number of imide groups is 2. The zero-order valence-corrected chi connectivity index (χ0v) is 29.6. The summed E-state index contributed by atoms with van der Waals surface area (Å²) < 4.78 is 6.07. The van der Waals surface area contributed by atoms with Crippen LogP contribution in [-0.4, -0.2) is 92.9 Å². The van der Waals surface area contributed by atoms with Gasteiger partial charge in [-0.3, -0.25) is 39.1 Å². The number of hydrogen-bond donors (Lipinski definition) is 2. The Hall–Kier alpha value is -5.39. The lowest BCUT2D eigenvalue weighted by Crippen LogP contribution is -2.54. The van der Waals surface area contributed by atoms with Gasteiger partial charge >= 0.3 is 0 Å². The van der Waals surface area contributed by atoms with Crippen LogP contribution in [0.4, 0.5) is 5.82 Å². The van der Waals surface area contributed by atoms with Gasteiger partial charge in [0.1, 0.15) is 17.9 Å². The number of nitrogens with zero attached hydrogens (tertiary/aromatic N) is 6. The molecule has 4 fully saturated rings. The van der Waals surface area contributed by atoms with Crippen LogP contribution in [0.1, 0.15) is 93.7 Å². The number of hydrogen-bond acceptors (Lipinski definition) is 11.